The van der Waals surface area contributed by atoms with Crippen LogP contribution in [-0.2, 0) is 0 Å². The Hall–Kier alpha value is -2.33. The first-order valence-electron chi connectivity index (χ1n) is 8.10. The van der Waals surface area contributed by atoms with Crippen molar-refractivity contribution in [3.8, 4) is 0 Å². The molecule has 0 aliphatic carbocycles. The van der Waals surface area contributed by atoms with Gasteiger partial charge in [0.15, 0.2) is 0 Å². The molecule has 0 unspecified atom stereocenters. The van der Waals surface area contributed by atoms with Gasteiger partial charge >= 0.3 is 6.03 Å². The van der Waals surface area contributed by atoms with Crippen molar-refractivity contribution in [1.29, 1.82) is 0 Å². The van der Waals surface area contributed by atoms with Gasteiger partial charge in [0.25, 0.3) is 0 Å². The summed E-state index contributed by atoms with van der Waals surface area (Å²) in [7, 11) is 1.69. The molecule has 1 fully saturated rings. The Morgan fingerprint density at radius 1 is 0.870 bits per heavy atom. The summed E-state index contributed by atoms with van der Waals surface area (Å²) in [6.45, 7) is 3.27. The van der Waals surface area contributed by atoms with Gasteiger partial charge in [-0.15, -0.1) is 0 Å². The highest BCUT2D eigenvalue weighted by atomic mass is 16.2. The van der Waals surface area contributed by atoms with E-state index in [0.29, 0.717) is 0 Å². The predicted octanol–water partition coefficient (Wildman–Crippen LogP) is 2.73. The monoisotopic (exact) mass is 309 g/mol. The highest BCUT2D eigenvalue weighted by molar-refractivity contribution is 5.73. The van der Waals surface area contributed by atoms with Crippen LogP contribution in [0.15, 0.2) is 60.7 Å². The fraction of sp³-hybridized carbons (Fsp3) is 0.316. The minimum atomic E-state index is 0.0145. The Kier molecular flexibility index (Phi) is 4.93. The molecule has 23 heavy (non-hydrogen) atoms. The number of carbonyl (C=O) groups is 1. The largest absolute Gasteiger partial charge is 0.341 e. The van der Waals surface area contributed by atoms with Gasteiger partial charge in [-0.3, -0.25) is 4.90 Å². The van der Waals surface area contributed by atoms with Crippen molar-refractivity contribution in [2.45, 2.75) is 6.04 Å². The number of piperazine rings is 1. The molecule has 1 N–H and O–H groups in total. The summed E-state index contributed by atoms with van der Waals surface area (Å²) >= 11 is 0. The Morgan fingerprint density at radius 3 is 1.78 bits per heavy atom. The Balaban J connectivity index is 1.82. The number of rotatable bonds is 3. The lowest BCUT2D eigenvalue weighted by atomic mass is 9.96. The van der Waals surface area contributed by atoms with Gasteiger partial charge in [-0.1, -0.05) is 60.7 Å². The number of urea groups is 1. The van der Waals surface area contributed by atoms with Gasteiger partial charge in [0, 0.05) is 33.2 Å². The average Bonchev–Trinajstić information content (AvgIpc) is 2.64. The van der Waals surface area contributed by atoms with E-state index in [1.807, 2.05) is 4.90 Å². The van der Waals surface area contributed by atoms with Crippen LogP contribution in [0.1, 0.15) is 17.2 Å². The first-order valence-corrected chi connectivity index (χ1v) is 8.10. The van der Waals surface area contributed by atoms with Crippen LogP contribution in [0.3, 0.4) is 0 Å². The van der Waals surface area contributed by atoms with Crippen molar-refractivity contribution in [2.75, 3.05) is 33.2 Å². The summed E-state index contributed by atoms with van der Waals surface area (Å²) in [5, 5.41) is 2.71. The van der Waals surface area contributed by atoms with Crippen molar-refractivity contribution in [2.24, 2.45) is 0 Å². The quantitative estimate of drug-likeness (QED) is 0.946. The molecule has 2 aromatic carbocycles. The number of amides is 2. The van der Waals surface area contributed by atoms with Gasteiger partial charge in [-0.2, -0.15) is 0 Å². The molecule has 0 saturated carbocycles. The van der Waals surface area contributed by atoms with E-state index in [-0.39, 0.29) is 12.1 Å². The van der Waals surface area contributed by atoms with Gasteiger partial charge in [-0.25, -0.2) is 4.79 Å². The SMILES string of the molecule is CNC(=O)N1CCN(C(c2ccccc2)c2ccccc2)CC1. The maximum absolute atomic E-state index is 11.8. The van der Waals surface area contributed by atoms with Gasteiger partial charge in [0.1, 0.15) is 0 Å². The van der Waals surface area contributed by atoms with Crippen molar-refractivity contribution in [3.05, 3.63) is 71.8 Å². The second-order valence-corrected chi connectivity index (χ2v) is 5.80. The highest BCUT2D eigenvalue weighted by Crippen LogP contribution is 2.29. The fourth-order valence-electron chi connectivity index (χ4n) is 3.23. The molecule has 1 saturated heterocycles. The van der Waals surface area contributed by atoms with Crippen LogP contribution in [-0.4, -0.2) is 49.1 Å². The third-order valence-electron chi connectivity index (χ3n) is 4.41. The van der Waals surface area contributed by atoms with Crippen LogP contribution < -0.4 is 5.32 Å². The first kappa shape index (κ1) is 15.6. The zero-order valence-electron chi connectivity index (χ0n) is 13.5. The van der Waals surface area contributed by atoms with E-state index in [0.717, 1.165) is 26.2 Å². The van der Waals surface area contributed by atoms with Crippen molar-refractivity contribution in [3.63, 3.8) is 0 Å². The number of hydrogen-bond acceptors (Lipinski definition) is 2. The minimum Gasteiger partial charge on any atom is -0.341 e. The molecule has 1 aliphatic heterocycles. The normalized spacial score (nSPS) is 15.7. The van der Waals surface area contributed by atoms with E-state index < -0.39 is 0 Å². The third-order valence-corrected chi connectivity index (χ3v) is 4.41. The molecule has 1 aliphatic rings. The number of nitrogens with one attached hydrogen (secondary N) is 1. The van der Waals surface area contributed by atoms with Crippen LogP contribution >= 0.6 is 0 Å². The number of benzene rings is 2. The molecular formula is C19H23N3O. The second-order valence-electron chi connectivity index (χ2n) is 5.80. The fourth-order valence-corrected chi connectivity index (χ4v) is 3.23. The summed E-state index contributed by atoms with van der Waals surface area (Å²) in [5.41, 5.74) is 2.60. The number of hydrogen-bond donors (Lipinski definition) is 1. The third kappa shape index (κ3) is 3.54. The molecule has 0 bridgehead atoms. The zero-order chi connectivity index (χ0) is 16.1. The van der Waals surface area contributed by atoms with Crippen molar-refractivity contribution >= 4 is 6.03 Å². The second kappa shape index (κ2) is 7.29. The average molecular weight is 309 g/mol. The van der Waals surface area contributed by atoms with Crippen LogP contribution in [0, 0.1) is 0 Å². The van der Waals surface area contributed by atoms with Crippen LogP contribution in [0.2, 0.25) is 0 Å². The lowest BCUT2D eigenvalue weighted by Crippen LogP contribution is -2.52. The van der Waals surface area contributed by atoms with Gasteiger partial charge in [0.2, 0.25) is 0 Å². The number of nitrogens with zero attached hydrogens (tertiary/aromatic N) is 2. The van der Waals surface area contributed by atoms with E-state index in [9.17, 15) is 4.79 Å². The zero-order valence-corrected chi connectivity index (χ0v) is 13.5. The van der Waals surface area contributed by atoms with Gasteiger partial charge in [0.05, 0.1) is 6.04 Å². The summed E-state index contributed by atoms with van der Waals surface area (Å²) in [4.78, 5) is 16.1. The lowest BCUT2D eigenvalue weighted by molar-refractivity contribution is 0.121. The Labute approximate surface area is 137 Å². The summed E-state index contributed by atoms with van der Waals surface area (Å²) in [6.07, 6.45) is 0. The highest BCUT2D eigenvalue weighted by Gasteiger charge is 2.27. The molecule has 2 aromatic rings. The van der Waals surface area contributed by atoms with E-state index in [2.05, 4.69) is 70.9 Å². The minimum absolute atomic E-state index is 0.0145. The van der Waals surface area contributed by atoms with Gasteiger partial charge in [-0.05, 0) is 11.1 Å². The number of carbonyl (C=O) groups excluding carboxylic acids is 1. The topological polar surface area (TPSA) is 35.6 Å². The van der Waals surface area contributed by atoms with E-state index in [1.165, 1.54) is 11.1 Å². The molecule has 0 spiro atoms. The summed E-state index contributed by atoms with van der Waals surface area (Å²) < 4.78 is 0. The molecular weight excluding hydrogens is 286 g/mol. The van der Waals surface area contributed by atoms with Crippen molar-refractivity contribution in [1.82, 2.24) is 15.1 Å². The van der Waals surface area contributed by atoms with E-state index >= 15 is 0 Å². The van der Waals surface area contributed by atoms with E-state index in [4.69, 9.17) is 0 Å². The molecule has 4 nitrogen and oxygen atoms in total. The van der Waals surface area contributed by atoms with Crippen molar-refractivity contribution < 1.29 is 4.79 Å². The first-order chi connectivity index (χ1) is 11.3. The van der Waals surface area contributed by atoms with E-state index in [1.54, 1.807) is 7.05 Å². The Morgan fingerprint density at radius 2 is 1.35 bits per heavy atom. The standard InChI is InChI=1S/C19H23N3O/c1-20-19(23)22-14-12-21(13-15-22)18(16-8-4-2-5-9-16)17-10-6-3-7-11-17/h2-11,18H,12-15H2,1H3,(H,20,23). The molecule has 1 heterocycles. The van der Waals surface area contributed by atoms with Crippen LogP contribution in [0.5, 0.6) is 0 Å². The van der Waals surface area contributed by atoms with Gasteiger partial charge < -0.3 is 10.2 Å². The summed E-state index contributed by atoms with van der Waals surface area (Å²) in [6, 6.07) is 21.4. The predicted molar refractivity (Wildman–Crippen MR) is 92.3 cm³/mol. The van der Waals surface area contributed by atoms with Crippen LogP contribution in [0.4, 0.5) is 4.79 Å². The molecule has 2 amide bonds. The molecule has 120 valence electrons. The molecule has 0 atom stereocenters. The lowest BCUT2D eigenvalue weighted by Gasteiger charge is -2.39. The van der Waals surface area contributed by atoms with Crippen LogP contribution in [0.25, 0.3) is 0 Å². The molecule has 0 radical (unpaired) electrons. The Bertz CT molecular complexity index is 582. The molecule has 0 aromatic heterocycles. The molecule has 4 heteroatoms. The smallest absolute Gasteiger partial charge is 0.317 e. The molecule has 3 rings (SSSR count). The maximum Gasteiger partial charge on any atom is 0.317 e. The maximum atomic E-state index is 11.8. The summed E-state index contributed by atoms with van der Waals surface area (Å²) in [5.74, 6) is 0.